The van der Waals surface area contributed by atoms with Crippen molar-refractivity contribution in [3.63, 3.8) is 0 Å². The zero-order valence-corrected chi connectivity index (χ0v) is 7.86. The number of carbonyl (C=O) groups is 2. The molecule has 0 aromatic rings. The van der Waals surface area contributed by atoms with Crippen LogP contribution in [0.3, 0.4) is 0 Å². The standard InChI is InChI=1S/C7H9NO5S/c8-7(6(11)12)1-14(13)4-2(3(4)7)5(9)10/h2-4H,1,8H2,(H,9,10)(H,11,12)/t2?,3?,4?,7-,14+/m0/s1. The summed E-state index contributed by atoms with van der Waals surface area (Å²) in [5.41, 5.74) is 3.94. The lowest BCUT2D eigenvalue weighted by atomic mass is 9.96. The lowest BCUT2D eigenvalue weighted by Crippen LogP contribution is -2.53. The van der Waals surface area contributed by atoms with Crippen molar-refractivity contribution in [3.05, 3.63) is 0 Å². The van der Waals surface area contributed by atoms with Crippen LogP contribution in [0.15, 0.2) is 0 Å². The molecule has 2 rings (SSSR count). The molecule has 0 bridgehead atoms. The molecule has 1 saturated carbocycles. The van der Waals surface area contributed by atoms with Crippen LogP contribution in [0, 0.1) is 11.8 Å². The molecule has 4 N–H and O–H groups in total. The van der Waals surface area contributed by atoms with E-state index in [0.29, 0.717) is 0 Å². The van der Waals surface area contributed by atoms with E-state index in [2.05, 4.69) is 0 Å². The minimum Gasteiger partial charge on any atom is -0.481 e. The Bertz CT molecular complexity index is 352. The summed E-state index contributed by atoms with van der Waals surface area (Å²) in [6, 6.07) is 0. The number of nitrogens with two attached hydrogens (primary N) is 1. The fraction of sp³-hybridized carbons (Fsp3) is 0.714. The highest BCUT2D eigenvalue weighted by Gasteiger charge is 2.74. The van der Waals surface area contributed by atoms with E-state index in [0.717, 1.165) is 0 Å². The van der Waals surface area contributed by atoms with Gasteiger partial charge in [-0.15, -0.1) is 0 Å². The van der Waals surface area contributed by atoms with Crippen molar-refractivity contribution in [1.29, 1.82) is 0 Å². The Morgan fingerprint density at radius 1 is 1.43 bits per heavy atom. The molecule has 6 nitrogen and oxygen atoms in total. The maximum Gasteiger partial charge on any atom is 0.325 e. The van der Waals surface area contributed by atoms with Crippen molar-refractivity contribution < 1.29 is 24.0 Å². The molecule has 0 aromatic carbocycles. The van der Waals surface area contributed by atoms with Gasteiger partial charge in [-0.05, 0) is 0 Å². The van der Waals surface area contributed by atoms with Gasteiger partial charge in [0, 0.05) is 16.7 Å². The van der Waals surface area contributed by atoms with Crippen molar-refractivity contribution >= 4 is 22.7 Å². The molecule has 3 unspecified atom stereocenters. The Kier molecular flexibility index (Phi) is 1.74. The number of carboxylic acids is 2. The Morgan fingerprint density at radius 2 is 2.00 bits per heavy atom. The molecule has 78 valence electrons. The summed E-state index contributed by atoms with van der Waals surface area (Å²) in [5, 5.41) is 17.0. The first-order valence-electron chi connectivity index (χ1n) is 4.02. The van der Waals surface area contributed by atoms with Crippen LogP contribution in [-0.2, 0) is 20.4 Å². The lowest BCUT2D eigenvalue weighted by molar-refractivity contribution is -0.144. The molecule has 2 aliphatic rings. The van der Waals surface area contributed by atoms with Gasteiger partial charge in [-0.2, -0.15) is 0 Å². The van der Waals surface area contributed by atoms with Gasteiger partial charge in [0.2, 0.25) is 0 Å². The quantitative estimate of drug-likeness (QED) is 0.506. The van der Waals surface area contributed by atoms with E-state index >= 15 is 0 Å². The van der Waals surface area contributed by atoms with Crippen molar-refractivity contribution in [2.24, 2.45) is 17.6 Å². The molecule has 14 heavy (non-hydrogen) atoms. The van der Waals surface area contributed by atoms with Gasteiger partial charge in [-0.1, -0.05) is 0 Å². The predicted molar refractivity (Wildman–Crippen MR) is 46.0 cm³/mol. The average molecular weight is 219 g/mol. The van der Waals surface area contributed by atoms with Crippen LogP contribution in [-0.4, -0.2) is 42.9 Å². The van der Waals surface area contributed by atoms with E-state index in [9.17, 15) is 13.8 Å². The first kappa shape index (κ1) is 9.60. The first-order valence-corrected chi connectivity index (χ1v) is 5.40. The summed E-state index contributed by atoms with van der Waals surface area (Å²) in [5.74, 6) is -4.02. The van der Waals surface area contributed by atoms with E-state index < -0.39 is 45.4 Å². The maximum atomic E-state index is 11.4. The molecule has 2 fully saturated rings. The van der Waals surface area contributed by atoms with Crippen LogP contribution in [0.5, 0.6) is 0 Å². The normalized spacial score (nSPS) is 49.8. The second-order valence-electron chi connectivity index (χ2n) is 3.73. The monoisotopic (exact) mass is 219 g/mol. The minimum absolute atomic E-state index is 0.137. The molecular weight excluding hydrogens is 210 g/mol. The van der Waals surface area contributed by atoms with Crippen LogP contribution in [0.1, 0.15) is 0 Å². The van der Waals surface area contributed by atoms with Crippen LogP contribution >= 0.6 is 0 Å². The topological polar surface area (TPSA) is 118 Å². The summed E-state index contributed by atoms with van der Waals surface area (Å²) in [6.07, 6.45) is 0. The van der Waals surface area contributed by atoms with E-state index in [4.69, 9.17) is 15.9 Å². The first-order chi connectivity index (χ1) is 6.39. The number of hydrogen-bond donors (Lipinski definition) is 3. The third-order valence-corrected chi connectivity index (χ3v) is 4.87. The van der Waals surface area contributed by atoms with Crippen LogP contribution in [0.4, 0.5) is 0 Å². The number of carboxylic acid groups (broad SMARTS) is 2. The SMILES string of the molecule is N[C@@]1(C(=O)O)C[S@@](=O)C2C(C(=O)O)C21. The maximum absolute atomic E-state index is 11.4. The van der Waals surface area contributed by atoms with Crippen molar-refractivity contribution in [2.45, 2.75) is 10.8 Å². The minimum atomic E-state index is -1.61. The molecule has 0 radical (unpaired) electrons. The smallest absolute Gasteiger partial charge is 0.325 e. The molecule has 7 heteroatoms. The summed E-state index contributed by atoms with van der Waals surface area (Å²) < 4.78 is 11.4. The van der Waals surface area contributed by atoms with E-state index in [1.807, 2.05) is 0 Å². The van der Waals surface area contributed by atoms with E-state index in [-0.39, 0.29) is 5.75 Å². The van der Waals surface area contributed by atoms with Crippen LogP contribution in [0.25, 0.3) is 0 Å². The van der Waals surface area contributed by atoms with Gasteiger partial charge < -0.3 is 15.9 Å². The van der Waals surface area contributed by atoms with Crippen LogP contribution in [0.2, 0.25) is 0 Å². The molecule has 5 atom stereocenters. The number of aliphatic carboxylic acids is 2. The van der Waals surface area contributed by atoms with Gasteiger partial charge in [0.15, 0.2) is 0 Å². The molecule has 1 heterocycles. The largest absolute Gasteiger partial charge is 0.481 e. The highest BCUT2D eigenvalue weighted by molar-refractivity contribution is 7.86. The fourth-order valence-corrected chi connectivity index (χ4v) is 4.39. The van der Waals surface area contributed by atoms with Gasteiger partial charge in [0.1, 0.15) is 5.54 Å². The number of hydrogen-bond acceptors (Lipinski definition) is 4. The molecule has 1 aliphatic carbocycles. The Labute approximate surface area is 81.5 Å². The zero-order chi connectivity index (χ0) is 10.7. The predicted octanol–water partition coefficient (Wildman–Crippen LogP) is -1.77. The van der Waals surface area contributed by atoms with Crippen molar-refractivity contribution in [3.8, 4) is 0 Å². The van der Waals surface area contributed by atoms with Gasteiger partial charge in [-0.3, -0.25) is 13.8 Å². The Hall–Kier alpha value is -0.950. The lowest BCUT2D eigenvalue weighted by Gasteiger charge is -2.19. The second kappa shape index (κ2) is 2.54. The van der Waals surface area contributed by atoms with Crippen LogP contribution < -0.4 is 5.73 Å². The third kappa shape index (κ3) is 0.963. The highest BCUT2D eigenvalue weighted by Crippen LogP contribution is 2.55. The van der Waals surface area contributed by atoms with Gasteiger partial charge in [0.05, 0.1) is 16.9 Å². The Balaban J connectivity index is 2.31. The third-order valence-electron chi connectivity index (χ3n) is 2.92. The Morgan fingerprint density at radius 3 is 2.36 bits per heavy atom. The molecule has 1 saturated heterocycles. The molecule has 0 spiro atoms. The summed E-state index contributed by atoms with van der Waals surface area (Å²) in [6.45, 7) is 0. The number of fused-ring (bicyclic) bond motifs is 1. The van der Waals surface area contributed by atoms with E-state index in [1.54, 1.807) is 0 Å². The van der Waals surface area contributed by atoms with Gasteiger partial charge in [0.25, 0.3) is 0 Å². The number of rotatable bonds is 2. The highest BCUT2D eigenvalue weighted by atomic mass is 32.2. The second-order valence-corrected chi connectivity index (χ2v) is 5.32. The summed E-state index contributed by atoms with van der Waals surface area (Å²) in [7, 11) is -1.42. The van der Waals surface area contributed by atoms with Crippen molar-refractivity contribution in [2.75, 3.05) is 5.75 Å². The van der Waals surface area contributed by atoms with Gasteiger partial charge >= 0.3 is 11.9 Å². The zero-order valence-electron chi connectivity index (χ0n) is 7.04. The molecule has 0 aromatic heterocycles. The average Bonchev–Trinajstić information content (AvgIpc) is 2.72. The molecular formula is C7H9NO5S. The summed E-state index contributed by atoms with van der Waals surface area (Å²) >= 11 is 0. The molecule has 1 aliphatic heterocycles. The fourth-order valence-electron chi connectivity index (χ4n) is 2.15. The summed E-state index contributed by atoms with van der Waals surface area (Å²) in [4.78, 5) is 21.5. The van der Waals surface area contributed by atoms with E-state index in [1.165, 1.54) is 0 Å². The van der Waals surface area contributed by atoms with Crippen molar-refractivity contribution in [1.82, 2.24) is 0 Å². The molecule has 0 amide bonds. The van der Waals surface area contributed by atoms with Gasteiger partial charge in [-0.25, -0.2) is 0 Å².